The second-order valence-corrected chi connectivity index (χ2v) is 6.94. The van der Waals surface area contributed by atoms with Gasteiger partial charge in [0.1, 0.15) is 6.04 Å². The SMILES string of the molecule is CC(C)(O)CNC(=O)C1CCCN1C(=O)C(C)(C)C. The van der Waals surface area contributed by atoms with Gasteiger partial charge in [-0.3, -0.25) is 9.59 Å². The summed E-state index contributed by atoms with van der Waals surface area (Å²) in [6.07, 6.45) is 1.54. The van der Waals surface area contributed by atoms with E-state index < -0.39 is 17.1 Å². The van der Waals surface area contributed by atoms with Crippen molar-refractivity contribution < 1.29 is 14.7 Å². The molecule has 1 saturated heterocycles. The molecule has 0 bridgehead atoms. The number of nitrogens with one attached hydrogen (secondary N) is 1. The van der Waals surface area contributed by atoms with Crippen LogP contribution in [-0.4, -0.2) is 46.6 Å². The summed E-state index contributed by atoms with van der Waals surface area (Å²) in [5.41, 5.74) is -1.41. The number of aliphatic hydroxyl groups is 1. The van der Waals surface area contributed by atoms with Crippen LogP contribution in [0.1, 0.15) is 47.5 Å². The Morgan fingerprint density at radius 2 is 1.84 bits per heavy atom. The molecule has 1 unspecified atom stereocenters. The number of amides is 2. The molecule has 0 aromatic rings. The highest BCUT2D eigenvalue weighted by Crippen LogP contribution is 2.25. The Balaban J connectivity index is 2.66. The number of carbonyl (C=O) groups excluding carboxylic acids is 2. The van der Waals surface area contributed by atoms with Crippen molar-refractivity contribution in [2.24, 2.45) is 5.41 Å². The van der Waals surface area contributed by atoms with Gasteiger partial charge in [0.15, 0.2) is 0 Å². The minimum Gasteiger partial charge on any atom is -0.389 e. The molecular weight excluding hydrogens is 244 g/mol. The van der Waals surface area contributed by atoms with Crippen LogP contribution in [0.4, 0.5) is 0 Å². The zero-order valence-corrected chi connectivity index (χ0v) is 12.6. The summed E-state index contributed by atoms with van der Waals surface area (Å²) >= 11 is 0. The molecule has 19 heavy (non-hydrogen) atoms. The molecule has 0 saturated carbocycles. The largest absolute Gasteiger partial charge is 0.389 e. The number of nitrogens with zero attached hydrogens (tertiary/aromatic N) is 1. The van der Waals surface area contributed by atoms with Gasteiger partial charge in [-0.25, -0.2) is 0 Å². The van der Waals surface area contributed by atoms with E-state index in [1.54, 1.807) is 18.7 Å². The van der Waals surface area contributed by atoms with Crippen molar-refractivity contribution in [3.05, 3.63) is 0 Å². The molecule has 5 heteroatoms. The van der Waals surface area contributed by atoms with E-state index in [-0.39, 0.29) is 18.4 Å². The lowest BCUT2D eigenvalue weighted by Gasteiger charge is -2.30. The molecule has 1 heterocycles. The fraction of sp³-hybridized carbons (Fsp3) is 0.857. The van der Waals surface area contributed by atoms with Crippen LogP contribution in [0.2, 0.25) is 0 Å². The predicted octanol–water partition coefficient (Wildman–Crippen LogP) is 0.911. The first-order valence-corrected chi connectivity index (χ1v) is 6.83. The molecule has 5 nitrogen and oxygen atoms in total. The van der Waals surface area contributed by atoms with Gasteiger partial charge in [0.25, 0.3) is 0 Å². The second kappa shape index (κ2) is 5.49. The summed E-state index contributed by atoms with van der Waals surface area (Å²) < 4.78 is 0. The molecule has 2 N–H and O–H groups in total. The molecule has 1 atom stereocenters. The van der Waals surface area contributed by atoms with E-state index in [1.165, 1.54) is 0 Å². The Morgan fingerprint density at radius 1 is 1.26 bits per heavy atom. The van der Waals surface area contributed by atoms with E-state index in [4.69, 9.17) is 0 Å². The summed E-state index contributed by atoms with van der Waals surface area (Å²) in [7, 11) is 0. The third kappa shape index (κ3) is 4.49. The number of hydrogen-bond acceptors (Lipinski definition) is 3. The molecule has 1 aliphatic heterocycles. The van der Waals surface area contributed by atoms with E-state index in [2.05, 4.69) is 5.32 Å². The van der Waals surface area contributed by atoms with Crippen LogP contribution in [0.25, 0.3) is 0 Å². The Hall–Kier alpha value is -1.10. The molecule has 0 aromatic carbocycles. The van der Waals surface area contributed by atoms with Crippen molar-refractivity contribution >= 4 is 11.8 Å². The molecule has 0 radical (unpaired) electrons. The first kappa shape index (κ1) is 16.0. The van der Waals surface area contributed by atoms with Gasteiger partial charge in [-0.15, -0.1) is 0 Å². The quantitative estimate of drug-likeness (QED) is 0.801. The van der Waals surface area contributed by atoms with Crippen LogP contribution >= 0.6 is 0 Å². The third-order valence-corrected chi connectivity index (χ3v) is 3.15. The maximum absolute atomic E-state index is 12.3. The van der Waals surface area contributed by atoms with E-state index in [0.717, 1.165) is 6.42 Å². The van der Waals surface area contributed by atoms with Crippen LogP contribution in [0, 0.1) is 5.41 Å². The van der Waals surface area contributed by atoms with Gasteiger partial charge in [-0.2, -0.15) is 0 Å². The highest BCUT2D eigenvalue weighted by atomic mass is 16.3. The van der Waals surface area contributed by atoms with Crippen molar-refractivity contribution in [3.8, 4) is 0 Å². The van der Waals surface area contributed by atoms with Crippen molar-refractivity contribution in [3.63, 3.8) is 0 Å². The number of hydrogen-bond donors (Lipinski definition) is 2. The van der Waals surface area contributed by atoms with Crippen molar-refractivity contribution in [2.75, 3.05) is 13.1 Å². The molecule has 110 valence electrons. The average Bonchev–Trinajstić information content (AvgIpc) is 2.71. The van der Waals surface area contributed by atoms with Gasteiger partial charge in [0.05, 0.1) is 5.60 Å². The molecule has 0 spiro atoms. The first-order valence-electron chi connectivity index (χ1n) is 6.83. The summed E-state index contributed by atoms with van der Waals surface area (Å²) in [4.78, 5) is 26.1. The molecule has 1 fully saturated rings. The van der Waals surface area contributed by atoms with Crippen LogP contribution in [0.15, 0.2) is 0 Å². The van der Waals surface area contributed by atoms with Gasteiger partial charge in [-0.05, 0) is 26.7 Å². The first-order chi connectivity index (χ1) is 8.52. The summed E-state index contributed by atoms with van der Waals surface area (Å²) in [6, 6.07) is -0.394. The summed E-state index contributed by atoms with van der Waals surface area (Å²) in [5, 5.41) is 12.3. The van der Waals surface area contributed by atoms with E-state index in [1.807, 2.05) is 20.8 Å². The molecule has 0 aliphatic carbocycles. The molecular formula is C14H26N2O3. The number of carbonyl (C=O) groups is 2. The molecule has 2 amide bonds. The second-order valence-electron chi connectivity index (χ2n) is 6.94. The van der Waals surface area contributed by atoms with Crippen LogP contribution in [0.3, 0.4) is 0 Å². The summed E-state index contributed by atoms with van der Waals surface area (Å²) in [5.74, 6) is -0.161. The van der Waals surface area contributed by atoms with Gasteiger partial charge < -0.3 is 15.3 Å². The van der Waals surface area contributed by atoms with E-state index in [9.17, 15) is 14.7 Å². The maximum atomic E-state index is 12.3. The molecule has 1 rings (SSSR count). The van der Waals surface area contributed by atoms with Crippen LogP contribution < -0.4 is 5.32 Å². The average molecular weight is 270 g/mol. The lowest BCUT2D eigenvalue weighted by molar-refractivity contribution is -0.144. The topological polar surface area (TPSA) is 69.6 Å². The third-order valence-electron chi connectivity index (χ3n) is 3.15. The Kier molecular flexibility index (Phi) is 4.61. The highest BCUT2D eigenvalue weighted by molar-refractivity contribution is 5.90. The molecule has 0 aromatic heterocycles. The minimum atomic E-state index is -0.937. The Morgan fingerprint density at radius 3 is 2.32 bits per heavy atom. The van der Waals surface area contributed by atoms with E-state index >= 15 is 0 Å². The Labute approximate surface area is 115 Å². The number of rotatable bonds is 3. The monoisotopic (exact) mass is 270 g/mol. The van der Waals surface area contributed by atoms with Gasteiger partial charge in [0.2, 0.25) is 11.8 Å². The standard InChI is InChI=1S/C14H26N2O3/c1-13(2,3)12(18)16-8-6-7-10(16)11(17)15-9-14(4,5)19/h10,19H,6-9H2,1-5H3,(H,15,17). The normalized spacial score (nSPS) is 20.5. The predicted molar refractivity (Wildman–Crippen MR) is 73.5 cm³/mol. The maximum Gasteiger partial charge on any atom is 0.242 e. The lowest BCUT2D eigenvalue weighted by atomic mass is 9.94. The smallest absolute Gasteiger partial charge is 0.242 e. The zero-order chi connectivity index (χ0) is 14.8. The lowest BCUT2D eigenvalue weighted by Crippen LogP contribution is -2.51. The summed E-state index contributed by atoms with van der Waals surface area (Å²) in [6.45, 7) is 9.69. The fourth-order valence-corrected chi connectivity index (χ4v) is 2.13. The van der Waals surface area contributed by atoms with Crippen molar-refractivity contribution in [1.29, 1.82) is 0 Å². The van der Waals surface area contributed by atoms with Gasteiger partial charge in [-0.1, -0.05) is 20.8 Å². The van der Waals surface area contributed by atoms with Gasteiger partial charge >= 0.3 is 0 Å². The Bertz CT molecular complexity index is 353. The highest BCUT2D eigenvalue weighted by Gasteiger charge is 2.38. The van der Waals surface area contributed by atoms with Crippen molar-refractivity contribution in [2.45, 2.75) is 59.1 Å². The minimum absolute atomic E-state index is 0.00779. The van der Waals surface area contributed by atoms with E-state index in [0.29, 0.717) is 13.0 Å². The van der Waals surface area contributed by atoms with Crippen molar-refractivity contribution in [1.82, 2.24) is 10.2 Å². The van der Waals surface area contributed by atoms with Crippen LogP contribution in [0.5, 0.6) is 0 Å². The molecule has 1 aliphatic rings. The van der Waals surface area contributed by atoms with Crippen LogP contribution in [-0.2, 0) is 9.59 Å². The fourth-order valence-electron chi connectivity index (χ4n) is 2.13. The number of likely N-dealkylation sites (tertiary alicyclic amines) is 1. The zero-order valence-electron chi connectivity index (χ0n) is 12.6. The van der Waals surface area contributed by atoms with Gasteiger partial charge in [0, 0.05) is 18.5 Å².